The van der Waals surface area contributed by atoms with E-state index in [0.717, 1.165) is 16.8 Å². The molecular formula is C17H15F3N2O. The van der Waals surface area contributed by atoms with Crippen LogP contribution in [0.1, 0.15) is 12.0 Å². The van der Waals surface area contributed by atoms with Crippen LogP contribution in [0.15, 0.2) is 42.6 Å². The first-order valence-electron chi connectivity index (χ1n) is 7.26. The average Bonchev–Trinajstić information content (AvgIpc) is 3.31. The number of hydrogen-bond acceptors (Lipinski definition) is 2. The third-order valence-electron chi connectivity index (χ3n) is 3.99. The Labute approximate surface area is 131 Å². The van der Waals surface area contributed by atoms with Crippen LogP contribution in [0.3, 0.4) is 0 Å². The van der Waals surface area contributed by atoms with E-state index in [1.807, 2.05) is 25.1 Å². The fourth-order valence-electron chi connectivity index (χ4n) is 2.58. The summed E-state index contributed by atoms with van der Waals surface area (Å²) in [6, 6.07) is 10.7. The molecule has 2 aromatic rings. The number of anilines is 1. The first-order chi connectivity index (χ1) is 10.9. The Balaban J connectivity index is 1.76. The molecule has 1 aromatic heterocycles. The molecule has 3 rings (SSSR count). The standard InChI is InChI=1S/C17H15F3N2O/c1-10-5-6-11(8-12(10)15-4-2-3-7-21-15)22-16(23)13-9-14(13)17(18,19)20/h2-8,13-14H,9H2,1H3,(H,22,23)/t13-,14-/m1/s1. The lowest BCUT2D eigenvalue weighted by atomic mass is 10.0. The normalized spacial score (nSPS) is 20.2. The first-order valence-corrected chi connectivity index (χ1v) is 7.26. The van der Waals surface area contributed by atoms with E-state index in [-0.39, 0.29) is 6.42 Å². The summed E-state index contributed by atoms with van der Waals surface area (Å²) >= 11 is 0. The molecule has 0 unspecified atom stereocenters. The predicted molar refractivity (Wildman–Crippen MR) is 80.7 cm³/mol. The summed E-state index contributed by atoms with van der Waals surface area (Å²) in [4.78, 5) is 16.2. The van der Waals surface area contributed by atoms with E-state index in [1.54, 1.807) is 24.4 Å². The fourth-order valence-corrected chi connectivity index (χ4v) is 2.58. The van der Waals surface area contributed by atoms with Crippen molar-refractivity contribution < 1.29 is 18.0 Å². The second-order valence-electron chi connectivity index (χ2n) is 5.72. The van der Waals surface area contributed by atoms with E-state index in [0.29, 0.717) is 5.69 Å². The molecule has 120 valence electrons. The molecule has 1 fully saturated rings. The molecule has 0 aliphatic heterocycles. The van der Waals surface area contributed by atoms with Crippen molar-refractivity contribution in [3.05, 3.63) is 48.2 Å². The highest BCUT2D eigenvalue weighted by molar-refractivity contribution is 5.95. The van der Waals surface area contributed by atoms with Gasteiger partial charge in [0.15, 0.2) is 0 Å². The number of amides is 1. The fraction of sp³-hybridized carbons (Fsp3) is 0.294. The maximum Gasteiger partial charge on any atom is 0.392 e. The van der Waals surface area contributed by atoms with Crippen molar-refractivity contribution in [2.24, 2.45) is 11.8 Å². The van der Waals surface area contributed by atoms with Gasteiger partial charge in [0, 0.05) is 17.4 Å². The van der Waals surface area contributed by atoms with E-state index < -0.39 is 23.9 Å². The van der Waals surface area contributed by atoms with Crippen molar-refractivity contribution in [3.63, 3.8) is 0 Å². The smallest absolute Gasteiger partial charge is 0.326 e. The van der Waals surface area contributed by atoms with Crippen LogP contribution >= 0.6 is 0 Å². The van der Waals surface area contributed by atoms with Gasteiger partial charge in [0.25, 0.3) is 0 Å². The Morgan fingerprint density at radius 1 is 1.26 bits per heavy atom. The van der Waals surface area contributed by atoms with E-state index in [2.05, 4.69) is 10.3 Å². The summed E-state index contributed by atoms with van der Waals surface area (Å²) < 4.78 is 37.6. The van der Waals surface area contributed by atoms with E-state index in [9.17, 15) is 18.0 Å². The molecule has 1 aromatic carbocycles. The minimum absolute atomic E-state index is 0.131. The van der Waals surface area contributed by atoms with Crippen molar-refractivity contribution in [2.75, 3.05) is 5.32 Å². The largest absolute Gasteiger partial charge is 0.392 e. The molecule has 2 atom stereocenters. The zero-order valence-corrected chi connectivity index (χ0v) is 12.4. The lowest BCUT2D eigenvalue weighted by molar-refractivity contribution is -0.153. The van der Waals surface area contributed by atoms with Gasteiger partial charge in [-0.1, -0.05) is 12.1 Å². The number of carbonyl (C=O) groups is 1. The first kappa shape index (κ1) is 15.5. The number of rotatable bonds is 3. The minimum Gasteiger partial charge on any atom is -0.326 e. The Morgan fingerprint density at radius 3 is 2.65 bits per heavy atom. The molecule has 1 heterocycles. The van der Waals surface area contributed by atoms with Crippen LogP contribution in [0, 0.1) is 18.8 Å². The van der Waals surface area contributed by atoms with Crippen molar-refractivity contribution in [2.45, 2.75) is 19.5 Å². The summed E-state index contributed by atoms with van der Waals surface area (Å²) in [6.07, 6.45) is -2.76. The van der Waals surface area contributed by atoms with E-state index in [1.165, 1.54) is 0 Å². The molecule has 23 heavy (non-hydrogen) atoms. The minimum atomic E-state index is -4.30. The van der Waals surface area contributed by atoms with E-state index >= 15 is 0 Å². The molecular weight excluding hydrogens is 305 g/mol. The number of halogens is 3. The van der Waals surface area contributed by atoms with Gasteiger partial charge in [0.05, 0.1) is 17.5 Å². The number of alkyl halides is 3. The molecule has 0 saturated heterocycles. The predicted octanol–water partition coefficient (Wildman–Crippen LogP) is 4.19. The van der Waals surface area contributed by atoms with Gasteiger partial charge in [-0.3, -0.25) is 9.78 Å². The monoisotopic (exact) mass is 320 g/mol. The lowest BCUT2D eigenvalue weighted by Crippen LogP contribution is -2.20. The SMILES string of the molecule is Cc1ccc(NC(=O)[C@@H]2C[C@H]2C(F)(F)F)cc1-c1ccccn1. The van der Waals surface area contributed by atoms with Gasteiger partial charge in [-0.15, -0.1) is 0 Å². The highest BCUT2D eigenvalue weighted by Gasteiger charge is 2.58. The summed E-state index contributed by atoms with van der Waals surface area (Å²) in [5.41, 5.74) is 3.04. The molecule has 1 aliphatic carbocycles. The third kappa shape index (κ3) is 3.36. The molecule has 1 aliphatic rings. The van der Waals surface area contributed by atoms with Crippen LogP contribution in [0.2, 0.25) is 0 Å². The molecule has 6 heteroatoms. The maximum absolute atomic E-state index is 12.5. The molecule has 1 saturated carbocycles. The van der Waals surface area contributed by atoms with Crippen LogP contribution in [-0.4, -0.2) is 17.1 Å². The maximum atomic E-state index is 12.5. The zero-order valence-electron chi connectivity index (χ0n) is 12.4. The van der Waals surface area contributed by atoms with Gasteiger partial charge < -0.3 is 5.32 Å². The van der Waals surface area contributed by atoms with Crippen LogP contribution in [0.5, 0.6) is 0 Å². The molecule has 0 radical (unpaired) electrons. The van der Waals surface area contributed by atoms with Gasteiger partial charge >= 0.3 is 6.18 Å². The third-order valence-corrected chi connectivity index (χ3v) is 3.99. The Hall–Kier alpha value is -2.37. The molecule has 1 amide bonds. The average molecular weight is 320 g/mol. The highest BCUT2D eigenvalue weighted by Crippen LogP contribution is 2.50. The number of carbonyl (C=O) groups excluding carboxylic acids is 1. The molecule has 1 N–H and O–H groups in total. The van der Waals surface area contributed by atoms with Crippen molar-refractivity contribution >= 4 is 11.6 Å². The summed E-state index contributed by atoms with van der Waals surface area (Å²) in [5, 5.41) is 2.58. The quantitative estimate of drug-likeness (QED) is 0.921. The summed E-state index contributed by atoms with van der Waals surface area (Å²) in [5.74, 6) is -3.07. The lowest BCUT2D eigenvalue weighted by Gasteiger charge is -2.10. The van der Waals surface area contributed by atoms with Crippen LogP contribution < -0.4 is 5.32 Å². The van der Waals surface area contributed by atoms with Crippen molar-refractivity contribution in [1.82, 2.24) is 4.98 Å². The number of hydrogen-bond donors (Lipinski definition) is 1. The number of aryl methyl sites for hydroxylation is 1. The Kier molecular flexibility index (Phi) is 3.83. The zero-order chi connectivity index (χ0) is 16.6. The molecule has 0 spiro atoms. The van der Waals surface area contributed by atoms with Crippen molar-refractivity contribution in [3.8, 4) is 11.3 Å². The number of nitrogens with zero attached hydrogens (tertiary/aromatic N) is 1. The Morgan fingerprint density at radius 2 is 2.04 bits per heavy atom. The van der Waals surface area contributed by atoms with Gasteiger partial charge in [0.1, 0.15) is 0 Å². The van der Waals surface area contributed by atoms with Gasteiger partial charge in [-0.2, -0.15) is 13.2 Å². The Bertz CT molecular complexity index is 728. The van der Waals surface area contributed by atoms with Crippen LogP contribution in [0.4, 0.5) is 18.9 Å². The van der Waals surface area contributed by atoms with Crippen LogP contribution in [0.25, 0.3) is 11.3 Å². The summed E-state index contributed by atoms with van der Waals surface area (Å²) in [7, 11) is 0. The number of nitrogens with one attached hydrogen (secondary N) is 1. The molecule has 3 nitrogen and oxygen atoms in total. The molecule has 0 bridgehead atoms. The highest BCUT2D eigenvalue weighted by atomic mass is 19.4. The van der Waals surface area contributed by atoms with E-state index in [4.69, 9.17) is 0 Å². The topological polar surface area (TPSA) is 42.0 Å². The number of benzene rings is 1. The second-order valence-corrected chi connectivity index (χ2v) is 5.72. The van der Waals surface area contributed by atoms with Gasteiger partial charge in [-0.05, 0) is 43.2 Å². The number of pyridine rings is 1. The summed E-state index contributed by atoms with van der Waals surface area (Å²) in [6.45, 7) is 1.91. The number of aromatic nitrogens is 1. The van der Waals surface area contributed by atoms with Gasteiger partial charge in [-0.25, -0.2) is 0 Å². The second kappa shape index (κ2) is 5.68. The van der Waals surface area contributed by atoms with Crippen LogP contribution in [-0.2, 0) is 4.79 Å². The van der Waals surface area contributed by atoms with Crippen molar-refractivity contribution in [1.29, 1.82) is 0 Å². The van der Waals surface area contributed by atoms with Gasteiger partial charge in [0.2, 0.25) is 5.91 Å².